The van der Waals surface area contributed by atoms with Gasteiger partial charge in [-0.15, -0.1) is 0 Å². The van der Waals surface area contributed by atoms with E-state index in [0.717, 1.165) is 0 Å². The maximum atomic E-state index is 2.39. The fourth-order valence-electron chi connectivity index (χ4n) is 6.12. The van der Waals surface area contributed by atoms with Gasteiger partial charge < -0.3 is 4.90 Å². The van der Waals surface area contributed by atoms with E-state index in [2.05, 4.69) is 177 Å². The van der Waals surface area contributed by atoms with Crippen LogP contribution in [0.15, 0.2) is 145 Å². The summed E-state index contributed by atoms with van der Waals surface area (Å²) in [5.74, 6) is 0. The molecule has 2 nitrogen and oxygen atoms in total. The second-order valence-electron chi connectivity index (χ2n) is 11.3. The van der Waals surface area contributed by atoms with Crippen LogP contribution in [0.1, 0.15) is 38.8 Å². The predicted octanol–water partition coefficient (Wildman–Crippen LogP) is 9.38. The molecule has 0 spiro atoms. The van der Waals surface area contributed by atoms with Crippen LogP contribution in [0.2, 0.25) is 0 Å². The molecular weight excluding hydrogens is 472 g/mol. The van der Waals surface area contributed by atoms with Gasteiger partial charge in [0.05, 0.1) is 5.41 Å². The fourth-order valence-corrected chi connectivity index (χ4v) is 6.12. The summed E-state index contributed by atoms with van der Waals surface area (Å²) in [6.45, 7) is 9.26. The minimum absolute atomic E-state index is 0.103. The topological polar surface area (TPSA) is 6.25 Å². The van der Waals surface area contributed by atoms with Crippen LogP contribution in [0.4, 0.5) is 22.7 Å². The van der Waals surface area contributed by atoms with E-state index < -0.39 is 0 Å². The number of allylic oxidation sites excluding steroid dienone is 6. The highest BCUT2D eigenvalue weighted by Gasteiger charge is 2.45. The van der Waals surface area contributed by atoms with Gasteiger partial charge in [-0.1, -0.05) is 105 Å². The van der Waals surface area contributed by atoms with Gasteiger partial charge in [0.2, 0.25) is 11.4 Å². The molecule has 2 aliphatic heterocycles. The van der Waals surface area contributed by atoms with E-state index in [1.165, 1.54) is 45.3 Å². The molecule has 0 unspecified atom stereocenters. The zero-order valence-corrected chi connectivity index (χ0v) is 23.2. The van der Waals surface area contributed by atoms with Crippen molar-refractivity contribution in [1.82, 2.24) is 4.58 Å². The number of anilines is 2. The molecule has 0 saturated carbocycles. The average Bonchev–Trinajstić information content (AvgIpc) is 3.33. The lowest BCUT2D eigenvalue weighted by Crippen LogP contribution is -2.27. The van der Waals surface area contributed by atoms with Crippen molar-refractivity contribution in [3.8, 4) is 0 Å². The molecule has 6 rings (SSSR count). The third kappa shape index (κ3) is 4.17. The average molecular weight is 508 g/mol. The van der Waals surface area contributed by atoms with Gasteiger partial charge in [0.15, 0.2) is 5.71 Å². The number of hydrogen-bond acceptors (Lipinski definition) is 1. The van der Waals surface area contributed by atoms with Crippen molar-refractivity contribution in [3.63, 3.8) is 0 Å². The molecule has 4 aromatic rings. The van der Waals surface area contributed by atoms with Crippen LogP contribution in [0.5, 0.6) is 0 Å². The largest absolute Gasteiger partial charge is 0.313 e. The van der Waals surface area contributed by atoms with Crippen molar-refractivity contribution in [2.24, 2.45) is 0 Å². The van der Waals surface area contributed by atoms with Crippen molar-refractivity contribution in [2.45, 2.75) is 38.5 Å². The molecule has 0 atom stereocenters. The van der Waals surface area contributed by atoms with Gasteiger partial charge in [-0.05, 0) is 43.7 Å². The maximum absolute atomic E-state index is 2.39. The first-order valence-corrected chi connectivity index (χ1v) is 13.7. The Morgan fingerprint density at radius 2 is 1.21 bits per heavy atom. The number of benzene rings is 4. The standard InChI is InChI=1S/C37H35N2/c1-36(2)30-22-14-16-24-32(30)38(28-18-8-5-9-19-28)34(36)26-12-7-13-27-35-37(3,4)31-23-15-17-25-33(31)39(35)29-20-10-6-11-21-29/h5-27H,1-4H3/q+1. The Hall–Kier alpha value is -4.43. The fraction of sp³-hybridized carbons (Fsp3) is 0.162. The van der Waals surface area contributed by atoms with E-state index in [0.29, 0.717) is 0 Å². The Morgan fingerprint density at radius 3 is 1.95 bits per heavy atom. The molecule has 0 saturated heterocycles. The van der Waals surface area contributed by atoms with E-state index in [9.17, 15) is 0 Å². The summed E-state index contributed by atoms with van der Waals surface area (Å²) in [5, 5.41) is 0. The third-order valence-corrected chi connectivity index (χ3v) is 8.16. The molecule has 0 aliphatic carbocycles. The summed E-state index contributed by atoms with van der Waals surface area (Å²) in [4.78, 5) is 2.39. The second kappa shape index (κ2) is 9.71. The zero-order chi connectivity index (χ0) is 27.0. The van der Waals surface area contributed by atoms with Gasteiger partial charge >= 0.3 is 0 Å². The number of para-hydroxylation sites is 4. The number of rotatable bonds is 5. The molecule has 0 radical (unpaired) electrons. The van der Waals surface area contributed by atoms with Crippen LogP contribution < -0.4 is 9.48 Å². The van der Waals surface area contributed by atoms with E-state index in [1.807, 2.05) is 0 Å². The summed E-state index contributed by atoms with van der Waals surface area (Å²) in [6.07, 6.45) is 11.1. The van der Waals surface area contributed by atoms with Crippen LogP contribution in [0.3, 0.4) is 0 Å². The van der Waals surface area contributed by atoms with E-state index in [-0.39, 0.29) is 10.8 Å². The highest BCUT2D eigenvalue weighted by Crippen LogP contribution is 2.51. The van der Waals surface area contributed by atoms with E-state index in [4.69, 9.17) is 0 Å². The highest BCUT2D eigenvalue weighted by molar-refractivity contribution is 6.10. The summed E-state index contributed by atoms with van der Waals surface area (Å²) >= 11 is 0. The van der Waals surface area contributed by atoms with Gasteiger partial charge in [-0.25, -0.2) is 0 Å². The van der Waals surface area contributed by atoms with Crippen LogP contribution >= 0.6 is 0 Å². The molecule has 192 valence electrons. The summed E-state index contributed by atoms with van der Waals surface area (Å²) in [6, 6.07) is 38.8. The van der Waals surface area contributed by atoms with Crippen molar-refractivity contribution < 1.29 is 0 Å². The molecule has 4 aromatic carbocycles. The molecule has 0 bridgehead atoms. The predicted molar refractivity (Wildman–Crippen MR) is 167 cm³/mol. The Kier molecular flexibility index (Phi) is 6.19. The molecular formula is C37H35N2+. The van der Waals surface area contributed by atoms with E-state index in [1.54, 1.807) is 0 Å². The molecule has 2 heterocycles. The van der Waals surface area contributed by atoms with E-state index >= 15 is 0 Å². The molecule has 2 aliphatic rings. The lowest BCUT2D eigenvalue weighted by Gasteiger charge is -2.27. The SMILES string of the molecule is CC1(C)C(/C=C/C=C/C=C2/N(c3ccccc3)c3ccccc3C2(C)C)=[N+](c2ccccc2)c2ccccc21. The first-order chi connectivity index (χ1) is 18.9. The number of nitrogens with zero attached hydrogens (tertiary/aromatic N) is 2. The van der Waals surface area contributed by atoms with Crippen molar-refractivity contribution in [2.75, 3.05) is 4.90 Å². The molecule has 2 heteroatoms. The van der Waals surface area contributed by atoms with Crippen molar-refractivity contribution in [3.05, 3.63) is 156 Å². The Morgan fingerprint density at radius 1 is 0.590 bits per heavy atom. The van der Waals surface area contributed by atoms with Gasteiger partial charge in [-0.3, -0.25) is 0 Å². The van der Waals surface area contributed by atoms with Crippen LogP contribution in [-0.2, 0) is 10.8 Å². The van der Waals surface area contributed by atoms with Crippen LogP contribution in [0.25, 0.3) is 0 Å². The number of fused-ring (bicyclic) bond motifs is 2. The maximum Gasteiger partial charge on any atom is 0.215 e. The van der Waals surface area contributed by atoms with Gasteiger partial charge in [-0.2, -0.15) is 4.58 Å². The normalized spacial score (nSPS) is 18.4. The molecule has 0 aromatic heterocycles. The van der Waals surface area contributed by atoms with Crippen LogP contribution in [-0.4, -0.2) is 5.71 Å². The monoisotopic (exact) mass is 507 g/mol. The first kappa shape index (κ1) is 24.9. The summed E-state index contributed by atoms with van der Waals surface area (Å²) in [7, 11) is 0. The third-order valence-electron chi connectivity index (χ3n) is 8.16. The molecule has 0 N–H and O–H groups in total. The Bertz CT molecular complexity index is 1630. The Balaban J connectivity index is 1.37. The van der Waals surface area contributed by atoms with Crippen molar-refractivity contribution >= 4 is 28.5 Å². The lowest BCUT2D eigenvalue weighted by atomic mass is 9.81. The lowest BCUT2D eigenvalue weighted by molar-refractivity contribution is 0.644. The van der Waals surface area contributed by atoms with Gasteiger partial charge in [0.1, 0.15) is 0 Å². The minimum atomic E-state index is -0.103. The molecule has 0 fully saturated rings. The summed E-state index contributed by atoms with van der Waals surface area (Å²) < 4.78 is 2.39. The van der Waals surface area contributed by atoms with Crippen LogP contribution in [0, 0.1) is 0 Å². The first-order valence-electron chi connectivity index (χ1n) is 13.7. The zero-order valence-electron chi connectivity index (χ0n) is 23.2. The van der Waals surface area contributed by atoms with Gasteiger partial charge in [0.25, 0.3) is 0 Å². The molecule has 0 amide bonds. The minimum Gasteiger partial charge on any atom is -0.313 e. The quantitative estimate of drug-likeness (QED) is 0.193. The molecule has 39 heavy (non-hydrogen) atoms. The summed E-state index contributed by atoms with van der Waals surface area (Å²) in [5.41, 5.74) is 9.91. The van der Waals surface area contributed by atoms with Crippen molar-refractivity contribution in [1.29, 1.82) is 0 Å². The Labute approximate surface area is 232 Å². The number of hydrogen-bond donors (Lipinski definition) is 0. The second-order valence-corrected chi connectivity index (χ2v) is 11.3. The van der Waals surface area contributed by atoms with Gasteiger partial charge in [0, 0.05) is 52.3 Å². The highest BCUT2D eigenvalue weighted by atomic mass is 15.2. The smallest absolute Gasteiger partial charge is 0.215 e.